The van der Waals surface area contributed by atoms with Crippen LogP contribution in [0, 0.1) is 5.41 Å². The second kappa shape index (κ2) is 19.1. The van der Waals surface area contributed by atoms with E-state index in [4.69, 9.17) is 9.47 Å². The summed E-state index contributed by atoms with van der Waals surface area (Å²) in [7, 11) is 1.23. The molecule has 1 aliphatic rings. The molecule has 0 aromatic heterocycles. The van der Waals surface area contributed by atoms with Crippen LogP contribution >= 0.6 is 15.9 Å². The lowest BCUT2D eigenvalue weighted by Gasteiger charge is -2.37. The molecule has 0 unspecified atom stereocenters. The number of ether oxygens (including phenoxy) is 2. The van der Waals surface area contributed by atoms with Crippen molar-refractivity contribution in [2.45, 2.75) is 76.9 Å². The van der Waals surface area contributed by atoms with Crippen molar-refractivity contribution >= 4 is 39.9 Å². The number of alkyl carbamates (subject to hydrolysis) is 2. The summed E-state index contributed by atoms with van der Waals surface area (Å²) < 4.78 is 11.4. The van der Waals surface area contributed by atoms with Crippen molar-refractivity contribution in [2.24, 2.45) is 5.41 Å². The number of fused-ring (bicyclic) bond motifs is 1. The van der Waals surface area contributed by atoms with Crippen LogP contribution in [-0.2, 0) is 45.1 Å². The zero-order valence-electron chi connectivity index (χ0n) is 32.1. The molecule has 0 spiro atoms. The zero-order chi connectivity index (χ0) is 40.3. The van der Waals surface area contributed by atoms with E-state index < -0.39 is 53.1 Å². The van der Waals surface area contributed by atoms with Crippen LogP contribution in [0.25, 0.3) is 0 Å². The van der Waals surface area contributed by atoms with Gasteiger partial charge in [-0.05, 0) is 51.8 Å². The number of benzene rings is 4. The van der Waals surface area contributed by atoms with Crippen LogP contribution in [-0.4, -0.2) is 65.5 Å². The van der Waals surface area contributed by atoms with Crippen LogP contribution in [0.3, 0.4) is 0 Å². The van der Waals surface area contributed by atoms with E-state index in [0.717, 1.165) is 32.3 Å². The molecular formula is C43H50BrN5O7. The highest BCUT2D eigenvalue weighted by molar-refractivity contribution is 9.10. The minimum absolute atomic E-state index is 0.0138. The molecule has 0 radical (unpaired) electrons. The van der Waals surface area contributed by atoms with Gasteiger partial charge >= 0.3 is 12.2 Å². The highest BCUT2D eigenvalue weighted by Gasteiger charge is 2.44. The van der Waals surface area contributed by atoms with E-state index in [2.05, 4.69) is 37.3 Å². The number of hydrazine groups is 1. The van der Waals surface area contributed by atoms with Crippen LogP contribution in [0.15, 0.2) is 114 Å². The molecule has 0 aliphatic heterocycles. The molecule has 0 heterocycles. The molecule has 0 saturated carbocycles. The van der Waals surface area contributed by atoms with Gasteiger partial charge in [-0.2, -0.15) is 0 Å². The number of nitrogens with zero attached hydrogens (tertiary/aromatic N) is 1. The molecule has 4 atom stereocenters. The number of nitrogens with one attached hydrogen (secondary N) is 4. The van der Waals surface area contributed by atoms with Crippen LogP contribution in [0.4, 0.5) is 9.59 Å². The molecule has 4 aromatic carbocycles. The Labute approximate surface area is 336 Å². The van der Waals surface area contributed by atoms with Gasteiger partial charge in [0.25, 0.3) is 5.91 Å². The number of carbonyl (C=O) groups is 4. The Morgan fingerprint density at radius 2 is 1.46 bits per heavy atom. The van der Waals surface area contributed by atoms with Crippen LogP contribution in [0.5, 0.6) is 0 Å². The van der Waals surface area contributed by atoms with Crippen molar-refractivity contribution in [3.63, 3.8) is 0 Å². The molecule has 296 valence electrons. The summed E-state index contributed by atoms with van der Waals surface area (Å²) in [4.78, 5) is 55.1. The first kappa shape index (κ1) is 41.9. The van der Waals surface area contributed by atoms with Gasteiger partial charge in [-0.15, -0.1) is 0 Å². The Balaban J connectivity index is 1.51. The van der Waals surface area contributed by atoms with E-state index >= 15 is 0 Å². The van der Waals surface area contributed by atoms with Gasteiger partial charge in [-0.3, -0.25) is 15.0 Å². The van der Waals surface area contributed by atoms with Crippen LogP contribution < -0.4 is 21.4 Å². The molecule has 0 saturated heterocycles. The number of amides is 4. The van der Waals surface area contributed by atoms with Gasteiger partial charge < -0.3 is 30.5 Å². The summed E-state index contributed by atoms with van der Waals surface area (Å²) in [6, 6.07) is 31.9. The largest absolute Gasteiger partial charge is 0.453 e. The SMILES string of the molecule is COC(=O)N[C@H](C(=O)NN(CC[C@](Cc1ccccc1)(NC(=O)OCc1ccccc1)C(=O)N[C@H]1c2ccccc2C[C@H]1O)Cc1ccc(Br)cc1)C(C)(C)C. The fraction of sp³-hybridized carbons (Fsp3) is 0.349. The molecule has 1 aliphatic carbocycles. The maximum Gasteiger partial charge on any atom is 0.408 e. The standard InChI is InChI=1S/C43H50BrN5O7/c1-42(2,3)37(46-40(53)55-4)38(51)48-49(27-30-19-21-33(44)22-20-30)24-23-43(26-29-13-7-5-8-14-29,47-41(54)56-28-31-15-9-6-10-16-31)39(52)45-36-34-18-12-11-17-32(34)25-35(36)50/h5-22,35-37,50H,23-28H2,1-4H3,(H,45,52)(H,46,53)(H,47,54)(H,48,51)/t35-,36+,37-,43-/m1/s1. The third-order valence-electron chi connectivity index (χ3n) is 9.77. The lowest BCUT2D eigenvalue weighted by atomic mass is 9.85. The van der Waals surface area contributed by atoms with Crippen LogP contribution in [0.1, 0.15) is 61.1 Å². The van der Waals surface area contributed by atoms with E-state index in [1.165, 1.54) is 7.11 Å². The molecule has 5 N–H and O–H groups in total. The third kappa shape index (κ3) is 11.4. The average molecular weight is 829 g/mol. The summed E-state index contributed by atoms with van der Waals surface area (Å²) >= 11 is 3.48. The Kier molecular flexibility index (Phi) is 14.3. The number of methoxy groups -OCH3 is 1. The zero-order valence-corrected chi connectivity index (χ0v) is 33.7. The topological polar surface area (TPSA) is 158 Å². The van der Waals surface area contributed by atoms with Crippen molar-refractivity contribution in [3.8, 4) is 0 Å². The maximum atomic E-state index is 15.0. The number of hydrogen-bond donors (Lipinski definition) is 5. The second-order valence-electron chi connectivity index (χ2n) is 15.1. The molecular weight excluding hydrogens is 778 g/mol. The number of hydrogen-bond acceptors (Lipinski definition) is 8. The van der Waals surface area contributed by atoms with Crippen molar-refractivity contribution in [1.82, 2.24) is 26.4 Å². The normalized spacial score (nSPS) is 16.5. The number of aliphatic hydroxyl groups is 1. The fourth-order valence-electron chi connectivity index (χ4n) is 6.75. The predicted octanol–water partition coefficient (Wildman–Crippen LogP) is 6.13. The summed E-state index contributed by atoms with van der Waals surface area (Å²) in [5.41, 5.74) is 4.72. The van der Waals surface area contributed by atoms with Gasteiger partial charge in [0.2, 0.25) is 5.91 Å². The summed E-state index contributed by atoms with van der Waals surface area (Å²) in [6.07, 6.45) is -2.06. The lowest BCUT2D eigenvalue weighted by Crippen LogP contribution is -2.63. The molecule has 12 nitrogen and oxygen atoms in total. The molecule has 13 heteroatoms. The number of aliphatic hydroxyl groups excluding tert-OH is 1. The fourth-order valence-corrected chi connectivity index (χ4v) is 7.02. The molecule has 4 amide bonds. The number of halogens is 1. The van der Waals surface area contributed by atoms with Gasteiger partial charge in [0.1, 0.15) is 18.2 Å². The lowest BCUT2D eigenvalue weighted by molar-refractivity contribution is -0.131. The molecule has 4 aromatic rings. The summed E-state index contributed by atoms with van der Waals surface area (Å²) in [5, 5.41) is 21.5. The third-order valence-corrected chi connectivity index (χ3v) is 10.3. The summed E-state index contributed by atoms with van der Waals surface area (Å²) in [6.45, 7) is 5.70. The van der Waals surface area contributed by atoms with Gasteiger partial charge in [0.05, 0.1) is 19.3 Å². The minimum Gasteiger partial charge on any atom is -0.453 e. The monoisotopic (exact) mass is 827 g/mol. The van der Waals surface area contributed by atoms with E-state index in [1.54, 1.807) is 5.01 Å². The molecule has 56 heavy (non-hydrogen) atoms. The molecule has 0 bridgehead atoms. The Morgan fingerprint density at radius 1 is 0.839 bits per heavy atom. The van der Waals surface area contributed by atoms with Gasteiger partial charge in [0, 0.05) is 30.4 Å². The summed E-state index contributed by atoms with van der Waals surface area (Å²) in [5.74, 6) is -1.03. The molecule has 5 rings (SSSR count). The number of carbonyl (C=O) groups excluding carboxylic acids is 4. The Morgan fingerprint density at radius 3 is 2.11 bits per heavy atom. The van der Waals surface area contributed by atoms with Crippen molar-refractivity contribution < 1.29 is 33.8 Å². The highest BCUT2D eigenvalue weighted by Crippen LogP contribution is 2.33. The predicted molar refractivity (Wildman–Crippen MR) is 216 cm³/mol. The highest BCUT2D eigenvalue weighted by atomic mass is 79.9. The Bertz CT molecular complexity index is 1940. The van der Waals surface area contributed by atoms with Crippen LogP contribution in [0.2, 0.25) is 0 Å². The first-order chi connectivity index (χ1) is 26.8. The van der Waals surface area contributed by atoms with Gasteiger partial charge in [-0.25, -0.2) is 14.6 Å². The van der Waals surface area contributed by atoms with E-state index in [1.807, 2.05) is 130 Å². The maximum absolute atomic E-state index is 15.0. The van der Waals surface area contributed by atoms with E-state index in [0.29, 0.717) is 6.42 Å². The quantitative estimate of drug-likeness (QED) is 0.0897. The second-order valence-corrected chi connectivity index (χ2v) is 16.0. The van der Waals surface area contributed by atoms with Gasteiger partial charge in [0.15, 0.2) is 0 Å². The van der Waals surface area contributed by atoms with Crippen molar-refractivity contribution in [3.05, 3.63) is 141 Å². The van der Waals surface area contributed by atoms with E-state index in [9.17, 15) is 24.3 Å². The average Bonchev–Trinajstić information content (AvgIpc) is 3.50. The van der Waals surface area contributed by atoms with Gasteiger partial charge in [-0.1, -0.05) is 134 Å². The van der Waals surface area contributed by atoms with E-state index in [-0.39, 0.29) is 32.5 Å². The number of rotatable bonds is 15. The smallest absolute Gasteiger partial charge is 0.408 e. The minimum atomic E-state index is -1.65. The first-order valence-corrected chi connectivity index (χ1v) is 19.3. The molecule has 0 fully saturated rings. The van der Waals surface area contributed by atoms with Crippen molar-refractivity contribution in [2.75, 3.05) is 13.7 Å². The first-order valence-electron chi connectivity index (χ1n) is 18.5. The van der Waals surface area contributed by atoms with Crippen molar-refractivity contribution in [1.29, 1.82) is 0 Å². The Hall–Kier alpha value is -5.24.